The van der Waals surface area contributed by atoms with E-state index in [9.17, 15) is 72.5 Å². The van der Waals surface area contributed by atoms with Crippen molar-refractivity contribution in [1.29, 1.82) is 0 Å². The summed E-state index contributed by atoms with van der Waals surface area (Å²) in [4.78, 5) is 177. The number of anilines is 2. The average Bonchev–Trinajstić information content (AvgIpc) is 1.02. The first-order valence-electron chi connectivity index (χ1n) is 45.6. The van der Waals surface area contributed by atoms with E-state index in [0.29, 0.717) is 52.7 Å². The fraction of sp³-hybridized carbons (Fsp3) is 0.525. The first-order chi connectivity index (χ1) is 66.7. The average molecular weight is 1960 g/mol. The van der Waals surface area contributed by atoms with E-state index in [1.54, 1.807) is 59.7 Å². The molecule has 0 bridgehead atoms. The van der Waals surface area contributed by atoms with Crippen LogP contribution in [-0.4, -0.2) is 279 Å². The molecule has 5 aromatic carbocycles. The molecule has 140 heavy (non-hydrogen) atoms. The van der Waals surface area contributed by atoms with Gasteiger partial charge in [0.25, 0.3) is 17.7 Å². The number of hydrogen-bond donors (Lipinski definition) is 5. The van der Waals surface area contributed by atoms with Crippen LogP contribution in [0.2, 0.25) is 0 Å². The van der Waals surface area contributed by atoms with Crippen LogP contribution in [0, 0.1) is 18.8 Å². The molecule has 5 N–H and O–H groups in total. The highest BCUT2D eigenvalue weighted by molar-refractivity contribution is 6.05. The van der Waals surface area contributed by atoms with Crippen LogP contribution in [0.1, 0.15) is 183 Å². The van der Waals surface area contributed by atoms with Gasteiger partial charge in [-0.15, -0.1) is 0 Å². The molecule has 5 amide bonds. The van der Waals surface area contributed by atoms with Gasteiger partial charge >= 0.3 is 54.0 Å². The minimum atomic E-state index is -1.69. The van der Waals surface area contributed by atoms with Crippen LogP contribution in [0.25, 0.3) is 0 Å². The lowest BCUT2D eigenvalue weighted by molar-refractivity contribution is -0.263. The predicted octanol–water partition coefficient (Wildman–Crippen LogP) is 10.0. The standard InChI is InChI=1S/C99H127N5O36/c1-55-35-69(48-105)103(46-55)92(115)72-37-57(3)81(44-76(72)101-97(118)131-51-66-24-26-80(75(42-66)91(114)100-27-19-18-22-84(112)140-99(11,12)13)137-95-59(5)87(134-62(8)108)88(135-63(9)109)89(139-95)94(117)123-17)128-52-67-38-68(40-71(39-67)127-34-33-125-30-29-124-31-32-126-54-85(113)122-16)53-129-83-45-77(73(43-82(83)121-15)93(116)104-47-56(2)36-70(104)49-106)102-98(119)130-50-65-23-25-79(74(41-65)78(111)21-20-28-120-14)138-96-90(136-64(10)110)86(133-61(7)107)58(4)60(6)132-96/h23-26,37-45,58-60,69-70,86-90,95-96,105-106H,1-2,18-22,27-36,46-54H2,3-17H3,(H,100,114)(H,101,118)(H,102,119)/t58-,59-,60-,69+,70+,86+,87-,88+,89+,90-,95-,96+/m1/s1. The quantitative estimate of drug-likeness (QED) is 0.00794. The Morgan fingerprint density at radius 3 is 1.54 bits per heavy atom. The van der Waals surface area contributed by atoms with E-state index >= 15 is 0 Å². The highest BCUT2D eigenvalue weighted by atomic mass is 16.7. The number of esters is 7. The number of Topliss-reactive ketones (excluding diaryl/α,β-unsaturated/α-hetero) is 1. The van der Waals surface area contributed by atoms with Gasteiger partial charge in [0.05, 0.1) is 125 Å². The van der Waals surface area contributed by atoms with Gasteiger partial charge in [-0.05, 0) is 149 Å². The number of nitrogens with zero attached hydrogens (tertiary/aromatic N) is 2. The second-order valence-corrected chi connectivity index (χ2v) is 34.7. The van der Waals surface area contributed by atoms with Crippen molar-refractivity contribution in [1.82, 2.24) is 15.1 Å². The maximum absolute atomic E-state index is 14.9. The molecule has 0 aliphatic carbocycles. The van der Waals surface area contributed by atoms with Gasteiger partial charge in [-0.1, -0.05) is 50.3 Å². The fourth-order valence-corrected chi connectivity index (χ4v) is 15.7. The van der Waals surface area contributed by atoms with E-state index in [1.807, 2.05) is 0 Å². The smallest absolute Gasteiger partial charge is 0.411 e. The van der Waals surface area contributed by atoms with Crippen LogP contribution in [0.5, 0.6) is 34.5 Å². The van der Waals surface area contributed by atoms with Gasteiger partial charge < -0.3 is 125 Å². The van der Waals surface area contributed by atoms with Crippen molar-refractivity contribution < 1.29 is 172 Å². The Balaban J connectivity index is 1.00. The molecule has 12 atom stereocenters. The van der Waals surface area contributed by atoms with Crippen molar-refractivity contribution in [3.8, 4) is 34.5 Å². The van der Waals surface area contributed by atoms with Crippen molar-refractivity contribution in [2.45, 2.75) is 214 Å². The molecule has 5 aromatic rings. The number of carbonyl (C=O) groups excluding carboxylic acids is 13. The van der Waals surface area contributed by atoms with Gasteiger partial charge in [-0.2, -0.15) is 0 Å². The Bertz CT molecular complexity index is 5220. The number of aliphatic hydroxyl groups is 2. The van der Waals surface area contributed by atoms with E-state index in [0.717, 1.165) is 21.0 Å². The number of ketones is 1. The Hall–Kier alpha value is -13.0. The summed E-state index contributed by atoms with van der Waals surface area (Å²) in [6.07, 6.45) is -10.8. The molecule has 764 valence electrons. The second-order valence-electron chi connectivity index (χ2n) is 34.7. The lowest BCUT2D eigenvalue weighted by Crippen LogP contribution is -2.60. The number of ether oxygens (including phenoxy) is 21. The first-order valence-corrected chi connectivity index (χ1v) is 45.6. The highest BCUT2D eigenvalue weighted by Gasteiger charge is 2.53. The minimum absolute atomic E-state index is 0.000155. The van der Waals surface area contributed by atoms with Crippen LogP contribution in [0.4, 0.5) is 21.0 Å². The number of aliphatic hydroxyl groups excluding tert-OH is 2. The van der Waals surface area contributed by atoms with Crippen LogP contribution in [0.3, 0.4) is 0 Å². The van der Waals surface area contributed by atoms with E-state index in [1.165, 1.54) is 113 Å². The number of hydrogen-bond acceptors (Lipinski definition) is 36. The monoisotopic (exact) mass is 1960 g/mol. The van der Waals surface area contributed by atoms with Crippen LogP contribution < -0.4 is 44.4 Å². The van der Waals surface area contributed by atoms with Gasteiger partial charge in [0, 0.05) is 91.9 Å². The number of likely N-dealkylation sites (tertiary alicyclic amines) is 2. The zero-order valence-corrected chi connectivity index (χ0v) is 81.5. The zero-order chi connectivity index (χ0) is 102. The number of unbranched alkanes of at least 4 members (excludes halogenated alkanes) is 1. The number of aryl methyl sites for hydroxylation is 1. The van der Waals surface area contributed by atoms with Crippen LogP contribution >= 0.6 is 0 Å². The molecule has 0 aromatic heterocycles. The number of carbonyl (C=O) groups is 13. The predicted molar refractivity (Wildman–Crippen MR) is 495 cm³/mol. The van der Waals surface area contributed by atoms with E-state index in [4.69, 9.17) is 94.7 Å². The third-order valence-electron chi connectivity index (χ3n) is 22.5. The van der Waals surface area contributed by atoms with Gasteiger partial charge in [-0.3, -0.25) is 53.8 Å². The molecule has 41 heteroatoms. The highest BCUT2D eigenvalue weighted by Crippen LogP contribution is 2.41. The van der Waals surface area contributed by atoms with Crippen LogP contribution in [0.15, 0.2) is 103 Å². The van der Waals surface area contributed by atoms with Crippen molar-refractivity contribution in [3.05, 3.63) is 153 Å². The third kappa shape index (κ3) is 32.5. The molecule has 0 spiro atoms. The minimum Gasteiger partial charge on any atom is -0.493 e. The molecule has 4 fully saturated rings. The summed E-state index contributed by atoms with van der Waals surface area (Å²) >= 11 is 0. The molecule has 4 aliphatic heterocycles. The molecule has 41 nitrogen and oxygen atoms in total. The molecular weight excluding hydrogens is 1840 g/mol. The third-order valence-corrected chi connectivity index (χ3v) is 22.5. The first kappa shape index (κ1) is 111. The van der Waals surface area contributed by atoms with Gasteiger partial charge in [0.2, 0.25) is 18.7 Å². The summed E-state index contributed by atoms with van der Waals surface area (Å²) in [5, 5.41) is 29.2. The Labute approximate surface area is 811 Å². The molecule has 4 aliphatic rings. The van der Waals surface area contributed by atoms with Crippen molar-refractivity contribution in [3.63, 3.8) is 0 Å². The number of methoxy groups -OCH3 is 4. The topological polar surface area (TPSA) is 499 Å². The summed E-state index contributed by atoms with van der Waals surface area (Å²) in [5.74, 6) is -8.48. The number of nitrogens with one attached hydrogen (secondary N) is 3. The lowest BCUT2D eigenvalue weighted by Gasteiger charge is -2.43. The van der Waals surface area contributed by atoms with Crippen LogP contribution in [-0.2, 0) is 131 Å². The molecule has 9 rings (SSSR count). The van der Waals surface area contributed by atoms with Gasteiger partial charge in [-0.25, -0.2) is 19.2 Å². The molecule has 0 unspecified atom stereocenters. The number of amides is 5. The van der Waals surface area contributed by atoms with Gasteiger partial charge in [0.15, 0.2) is 35.6 Å². The maximum Gasteiger partial charge on any atom is 0.411 e. The Morgan fingerprint density at radius 2 is 1.00 bits per heavy atom. The fourth-order valence-electron chi connectivity index (χ4n) is 15.7. The van der Waals surface area contributed by atoms with Crippen molar-refractivity contribution in [2.24, 2.45) is 11.8 Å². The molecule has 4 saturated heterocycles. The summed E-state index contributed by atoms with van der Waals surface area (Å²) in [7, 11) is 5.13. The Morgan fingerprint density at radius 1 is 0.486 bits per heavy atom. The van der Waals surface area contributed by atoms with E-state index in [-0.39, 0.29) is 185 Å². The summed E-state index contributed by atoms with van der Waals surface area (Å²) in [6, 6.07) is 18.0. The number of rotatable bonds is 49. The molecular formula is C99H127N5O36. The summed E-state index contributed by atoms with van der Waals surface area (Å²) < 4.78 is 121. The molecule has 0 radical (unpaired) electrons. The van der Waals surface area contributed by atoms with Crippen molar-refractivity contribution >= 4 is 88.9 Å². The molecule has 0 saturated carbocycles. The second kappa shape index (κ2) is 53.4. The number of benzene rings is 5. The van der Waals surface area contributed by atoms with Crippen molar-refractivity contribution in [2.75, 3.05) is 125 Å². The summed E-state index contributed by atoms with van der Waals surface area (Å²) in [5.41, 5.74) is 1.91. The summed E-state index contributed by atoms with van der Waals surface area (Å²) in [6.45, 7) is 23.2. The zero-order valence-electron chi connectivity index (χ0n) is 81.5. The maximum atomic E-state index is 14.9. The Kier molecular flexibility index (Phi) is 42.2. The van der Waals surface area contributed by atoms with Gasteiger partial charge in [0.1, 0.15) is 74.3 Å². The van der Waals surface area contributed by atoms with E-state index < -0.39 is 183 Å². The lowest BCUT2D eigenvalue weighted by atomic mass is 9.91. The normalized spacial score (nSPS) is 19.9. The molecule has 4 heterocycles. The largest absolute Gasteiger partial charge is 0.493 e. The van der Waals surface area contributed by atoms with E-state index in [2.05, 4.69) is 33.8 Å². The SMILES string of the molecule is C=C1C[C@@H](CO)N(C(=O)c2cc(C)c(OCc3cc(COc4cc(NC(=O)OCc5ccc(O[C@@H]6O[C@H](C)[C@@H](C)[C@H](OC(C)=O)[C@H]6OC(C)=O)c(C(=O)CCCOC)c5)c(C(=O)N5CC(=C)C[C@H]5CO)cc4OC)cc(OCCOCCOCCOCC(=O)OC)c3)cc2NC(=O)OCc2ccc(O[C@@H]3O[C@H](C(=O)OC)[C@@H](OC(C)=O)[C@H](OC(C)=O)[C@H]3C)c(C(=O)NCCCCC(=O)OC(C)(C)C)c2)C1.